The average molecular weight is 618 g/mol. The van der Waals surface area contributed by atoms with Crippen LogP contribution in [-0.2, 0) is 9.53 Å². The number of hydrogen-bond donors (Lipinski definition) is 0. The molecule has 0 amide bonds. The van der Waals surface area contributed by atoms with Crippen LogP contribution in [-0.4, -0.2) is 30.9 Å². The van der Waals surface area contributed by atoms with Crippen LogP contribution in [0.2, 0.25) is 0 Å². The maximum Gasteiger partial charge on any atom is 0.338 e. The predicted octanol–water partition coefficient (Wildman–Crippen LogP) is 4.12. The number of benzene rings is 2. The third-order valence-electron chi connectivity index (χ3n) is 5.75. The van der Waals surface area contributed by atoms with Gasteiger partial charge in [0, 0.05) is 0 Å². The van der Waals surface area contributed by atoms with Gasteiger partial charge < -0.3 is 14.2 Å². The van der Waals surface area contributed by atoms with Crippen molar-refractivity contribution in [3.05, 3.63) is 87.6 Å². The summed E-state index contributed by atoms with van der Waals surface area (Å²) in [4.78, 5) is 31.9. The molecule has 1 aliphatic heterocycles. The summed E-state index contributed by atoms with van der Waals surface area (Å²) in [5.74, 6) is 0.804. The second-order valence-corrected chi connectivity index (χ2v) is 10.4. The highest BCUT2D eigenvalue weighted by Gasteiger charge is 2.33. The number of aromatic nitrogens is 1. The number of rotatable bonds is 7. The van der Waals surface area contributed by atoms with E-state index in [4.69, 9.17) is 14.2 Å². The summed E-state index contributed by atoms with van der Waals surface area (Å²) in [5, 5.41) is 0. The van der Waals surface area contributed by atoms with Crippen LogP contribution < -0.4 is 24.4 Å². The molecule has 2 aromatic carbocycles. The van der Waals surface area contributed by atoms with Gasteiger partial charge >= 0.3 is 5.97 Å². The quantitative estimate of drug-likeness (QED) is 0.294. The Morgan fingerprint density at radius 2 is 1.89 bits per heavy atom. The number of ether oxygens (including phenoxy) is 3. The SMILES string of the molecule is CCOC(=O)C1=C(C)N=c2s/c(=C\c3cc(I)c(OCC)c(OC)c3)c(=O)n2[C@@H]1c1ccc(C)cc1. The lowest BCUT2D eigenvalue weighted by Gasteiger charge is -2.24. The number of allylic oxidation sites excluding steroid dienone is 1. The molecule has 0 fully saturated rings. The number of halogens is 1. The second-order valence-electron chi connectivity index (χ2n) is 8.18. The molecule has 0 radical (unpaired) electrons. The fourth-order valence-electron chi connectivity index (χ4n) is 4.11. The first-order valence-corrected chi connectivity index (χ1v) is 13.4. The van der Waals surface area contributed by atoms with E-state index in [-0.39, 0.29) is 12.2 Å². The normalized spacial score (nSPS) is 15.4. The van der Waals surface area contributed by atoms with Crippen molar-refractivity contribution in [2.75, 3.05) is 20.3 Å². The van der Waals surface area contributed by atoms with Gasteiger partial charge in [-0.1, -0.05) is 41.2 Å². The monoisotopic (exact) mass is 618 g/mol. The predicted molar refractivity (Wildman–Crippen MR) is 148 cm³/mol. The molecule has 0 saturated heterocycles. The zero-order valence-electron chi connectivity index (χ0n) is 20.8. The first-order valence-electron chi connectivity index (χ1n) is 11.6. The molecule has 2 heterocycles. The van der Waals surface area contributed by atoms with Crippen molar-refractivity contribution in [2.24, 2.45) is 4.99 Å². The molecule has 0 spiro atoms. The molecular weight excluding hydrogens is 591 g/mol. The van der Waals surface area contributed by atoms with Crippen molar-refractivity contribution < 1.29 is 19.0 Å². The molecule has 36 heavy (non-hydrogen) atoms. The maximum atomic E-state index is 13.8. The number of esters is 1. The Labute approximate surface area is 226 Å². The van der Waals surface area contributed by atoms with Crippen LogP contribution in [0.1, 0.15) is 43.5 Å². The van der Waals surface area contributed by atoms with E-state index in [1.807, 2.05) is 56.3 Å². The minimum absolute atomic E-state index is 0.221. The van der Waals surface area contributed by atoms with Crippen LogP contribution in [0, 0.1) is 10.5 Å². The molecule has 1 aliphatic rings. The smallest absolute Gasteiger partial charge is 0.338 e. The van der Waals surface area contributed by atoms with Crippen molar-refractivity contribution >= 4 is 46.0 Å². The fourth-order valence-corrected chi connectivity index (χ4v) is 5.94. The number of fused-ring (bicyclic) bond motifs is 1. The van der Waals surface area contributed by atoms with Crippen LogP contribution in [0.25, 0.3) is 6.08 Å². The summed E-state index contributed by atoms with van der Waals surface area (Å²) < 4.78 is 19.6. The van der Waals surface area contributed by atoms with Gasteiger partial charge in [0.15, 0.2) is 16.3 Å². The van der Waals surface area contributed by atoms with Crippen molar-refractivity contribution in [1.29, 1.82) is 0 Å². The summed E-state index contributed by atoms with van der Waals surface area (Å²) in [5.41, 5.74) is 3.41. The third kappa shape index (κ3) is 4.99. The van der Waals surface area contributed by atoms with Gasteiger partial charge in [-0.3, -0.25) is 9.36 Å². The summed E-state index contributed by atoms with van der Waals surface area (Å²) in [6.07, 6.45) is 1.82. The summed E-state index contributed by atoms with van der Waals surface area (Å²) >= 11 is 3.49. The van der Waals surface area contributed by atoms with Crippen molar-refractivity contribution in [3.63, 3.8) is 0 Å². The maximum absolute atomic E-state index is 13.8. The zero-order chi connectivity index (χ0) is 26.0. The highest BCUT2D eigenvalue weighted by molar-refractivity contribution is 14.1. The van der Waals surface area contributed by atoms with Crippen LogP contribution in [0.15, 0.2) is 57.5 Å². The molecule has 0 saturated carbocycles. The van der Waals surface area contributed by atoms with Gasteiger partial charge in [-0.25, -0.2) is 9.79 Å². The molecule has 0 N–H and O–H groups in total. The molecule has 1 atom stereocenters. The van der Waals surface area contributed by atoms with E-state index in [0.717, 1.165) is 20.3 Å². The lowest BCUT2D eigenvalue weighted by atomic mass is 9.95. The van der Waals surface area contributed by atoms with E-state index < -0.39 is 12.0 Å². The van der Waals surface area contributed by atoms with E-state index in [9.17, 15) is 9.59 Å². The minimum Gasteiger partial charge on any atom is -0.493 e. The Morgan fingerprint density at radius 3 is 2.53 bits per heavy atom. The number of carbonyl (C=O) groups is 1. The molecule has 0 aliphatic carbocycles. The second kappa shape index (κ2) is 11.0. The third-order valence-corrected chi connectivity index (χ3v) is 7.53. The molecule has 4 rings (SSSR count). The Kier molecular flexibility index (Phi) is 7.99. The Bertz CT molecular complexity index is 1520. The van der Waals surface area contributed by atoms with Gasteiger partial charge in [-0.05, 0) is 79.6 Å². The van der Waals surface area contributed by atoms with Crippen LogP contribution in [0.4, 0.5) is 0 Å². The molecule has 0 bridgehead atoms. The van der Waals surface area contributed by atoms with Crippen LogP contribution >= 0.6 is 33.9 Å². The van der Waals surface area contributed by atoms with Crippen LogP contribution in [0.3, 0.4) is 0 Å². The number of thiazole rings is 1. The molecule has 7 nitrogen and oxygen atoms in total. The fraction of sp³-hybridized carbons (Fsp3) is 0.296. The number of aryl methyl sites for hydroxylation is 1. The summed E-state index contributed by atoms with van der Waals surface area (Å²) in [6.45, 7) is 8.21. The molecule has 188 valence electrons. The van der Waals surface area contributed by atoms with Gasteiger partial charge in [0.05, 0.1) is 45.7 Å². The number of carbonyl (C=O) groups excluding carboxylic acids is 1. The van der Waals surface area contributed by atoms with E-state index in [2.05, 4.69) is 27.6 Å². The largest absolute Gasteiger partial charge is 0.493 e. The van der Waals surface area contributed by atoms with Gasteiger partial charge in [-0.2, -0.15) is 0 Å². The molecular formula is C27H27IN2O5S. The number of methoxy groups -OCH3 is 1. The van der Waals surface area contributed by atoms with Crippen molar-refractivity contribution in [3.8, 4) is 11.5 Å². The van der Waals surface area contributed by atoms with Gasteiger partial charge in [0.25, 0.3) is 5.56 Å². The van der Waals surface area contributed by atoms with Gasteiger partial charge in [0.2, 0.25) is 0 Å². The first kappa shape index (κ1) is 26.2. The topological polar surface area (TPSA) is 79.1 Å². The van der Waals surface area contributed by atoms with E-state index >= 15 is 0 Å². The number of hydrogen-bond acceptors (Lipinski definition) is 7. The Balaban J connectivity index is 1.92. The molecule has 3 aromatic rings. The minimum atomic E-state index is -0.627. The Morgan fingerprint density at radius 1 is 1.17 bits per heavy atom. The molecule has 0 unspecified atom stereocenters. The van der Waals surface area contributed by atoms with E-state index in [1.54, 1.807) is 25.5 Å². The van der Waals surface area contributed by atoms with Crippen molar-refractivity contribution in [2.45, 2.75) is 33.7 Å². The summed E-state index contributed by atoms with van der Waals surface area (Å²) in [7, 11) is 1.59. The summed E-state index contributed by atoms with van der Waals surface area (Å²) in [6, 6.07) is 11.0. The van der Waals surface area contributed by atoms with Gasteiger partial charge in [-0.15, -0.1) is 0 Å². The Hall–Kier alpha value is -2.92. The zero-order valence-corrected chi connectivity index (χ0v) is 23.7. The lowest BCUT2D eigenvalue weighted by molar-refractivity contribution is -0.139. The van der Waals surface area contributed by atoms with Crippen LogP contribution in [0.5, 0.6) is 11.5 Å². The standard InChI is InChI=1S/C27H27IN2O5S/c1-6-34-24-19(28)12-17(13-20(24)33-5)14-21-25(31)30-23(18-10-8-15(3)9-11-18)22(26(32)35-7-2)16(4)29-27(30)36-21/h8-14,23H,6-7H2,1-5H3/b21-14-/t23-/m1/s1. The van der Waals surface area contributed by atoms with Gasteiger partial charge in [0.1, 0.15) is 0 Å². The molecule has 9 heteroatoms. The highest BCUT2D eigenvalue weighted by Crippen LogP contribution is 2.34. The van der Waals surface area contributed by atoms with E-state index in [1.165, 1.54) is 11.3 Å². The lowest BCUT2D eigenvalue weighted by Crippen LogP contribution is -2.39. The molecule has 1 aromatic heterocycles. The number of nitrogens with zero attached hydrogens (tertiary/aromatic N) is 2. The van der Waals surface area contributed by atoms with Crippen molar-refractivity contribution in [1.82, 2.24) is 4.57 Å². The average Bonchev–Trinajstić information content (AvgIpc) is 3.14. The first-order chi connectivity index (χ1) is 17.3. The highest BCUT2D eigenvalue weighted by atomic mass is 127. The van der Waals surface area contributed by atoms with E-state index in [0.29, 0.717) is 38.7 Å².